The van der Waals surface area contributed by atoms with Gasteiger partial charge in [0.25, 0.3) is 0 Å². The Morgan fingerprint density at radius 3 is 2.50 bits per heavy atom. The third-order valence-electron chi connectivity index (χ3n) is 5.00. The van der Waals surface area contributed by atoms with E-state index >= 15 is 0 Å². The number of halogens is 3. The van der Waals surface area contributed by atoms with Gasteiger partial charge in [0.15, 0.2) is 6.29 Å². The second-order valence-corrected chi connectivity index (χ2v) is 6.95. The highest BCUT2D eigenvalue weighted by atomic mass is 19.4. The molecule has 0 spiro atoms. The van der Waals surface area contributed by atoms with E-state index in [9.17, 15) is 18.0 Å². The minimum atomic E-state index is -4.56. The third-order valence-corrected chi connectivity index (χ3v) is 5.00. The van der Waals surface area contributed by atoms with Gasteiger partial charge in [0.1, 0.15) is 0 Å². The molecule has 0 fully saturated rings. The minimum Gasteiger partial charge on any atom is -0.298 e. The molecule has 1 heterocycles. The van der Waals surface area contributed by atoms with Gasteiger partial charge < -0.3 is 0 Å². The SMILES string of the molecule is CCCCCC1=NN(c2c(C=O)cccc2C(F)(F)F)CC1c1ccccc1. The number of rotatable bonds is 7. The molecule has 2 aromatic rings. The van der Waals surface area contributed by atoms with Crippen LogP contribution in [0.2, 0.25) is 0 Å². The Bertz CT molecular complexity index is 847. The van der Waals surface area contributed by atoms with Crippen molar-refractivity contribution in [3.63, 3.8) is 0 Å². The number of alkyl halides is 3. The molecule has 1 aliphatic heterocycles. The van der Waals surface area contributed by atoms with Crippen molar-refractivity contribution in [1.82, 2.24) is 0 Å². The van der Waals surface area contributed by atoms with Crippen LogP contribution in [0.15, 0.2) is 53.6 Å². The average molecular weight is 388 g/mol. The molecule has 0 saturated carbocycles. The van der Waals surface area contributed by atoms with Gasteiger partial charge in [-0.2, -0.15) is 18.3 Å². The molecule has 0 amide bonds. The fourth-order valence-corrected chi connectivity index (χ4v) is 3.62. The van der Waals surface area contributed by atoms with Gasteiger partial charge in [-0.3, -0.25) is 9.80 Å². The molecule has 1 atom stereocenters. The van der Waals surface area contributed by atoms with Crippen LogP contribution in [0, 0.1) is 0 Å². The van der Waals surface area contributed by atoms with Crippen LogP contribution in [0.5, 0.6) is 0 Å². The van der Waals surface area contributed by atoms with E-state index in [1.807, 2.05) is 30.3 Å². The van der Waals surface area contributed by atoms with Crippen molar-refractivity contribution in [2.75, 3.05) is 11.6 Å². The van der Waals surface area contributed by atoms with Crippen LogP contribution < -0.4 is 5.01 Å². The molecule has 0 radical (unpaired) electrons. The maximum absolute atomic E-state index is 13.6. The van der Waals surface area contributed by atoms with E-state index < -0.39 is 11.7 Å². The van der Waals surface area contributed by atoms with E-state index in [1.54, 1.807) is 0 Å². The van der Waals surface area contributed by atoms with Gasteiger partial charge in [0.2, 0.25) is 0 Å². The van der Waals surface area contributed by atoms with Crippen LogP contribution in [-0.2, 0) is 6.18 Å². The molecule has 0 aromatic heterocycles. The van der Waals surface area contributed by atoms with Crippen LogP contribution in [-0.4, -0.2) is 18.5 Å². The van der Waals surface area contributed by atoms with Crippen molar-refractivity contribution < 1.29 is 18.0 Å². The number of hydrazone groups is 1. The average Bonchev–Trinajstić information content (AvgIpc) is 3.11. The van der Waals surface area contributed by atoms with Gasteiger partial charge in [-0.15, -0.1) is 0 Å². The second kappa shape index (κ2) is 8.59. The highest BCUT2D eigenvalue weighted by Gasteiger charge is 2.38. The Balaban J connectivity index is 2.02. The number of carbonyl (C=O) groups is 1. The monoisotopic (exact) mass is 388 g/mol. The predicted molar refractivity (Wildman–Crippen MR) is 105 cm³/mol. The summed E-state index contributed by atoms with van der Waals surface area (Å²) in [5.41, 5.74) is 0.907. The van der Waals surface area contributed by atoms with E-state index in [-0.39, 0.29) is 17.2 Å². The number of benzene rings is 2. The number of anilines is 1. The van der Waals surface area contributed by atoms with Gasteiger partial charge in [-0.05, 0) is 30.5 Å². The predicted octanol–water partition coefficient (Wildman–Crippen LogP) is 6.06. The van der Waals surface area contributed by atoms with Gasteiger partial charge in [-0.25, -0.2) is 0 Å². The zero-order chi connectivity index (χ0) is 20.1. The molecule has 3 nitrogen and oxygen atoms in total. The number of aldehydes is 1. The van der Waals surface area contributed by atoms with Gasteiger partial charge in [0, 0.05) is 17.2 Å². The van der Waals surface area contributed by atoms with Crippen LogP contribution in [0.3, 0.4) is 0 Å². The zero-order valence-corrected chi connectivity index (χ0v) is 15.7. The molecule has 3 rings (SSSR count). The molecular weight excluding hydrogens is 365 g/mol. The lowest BCUT2D eigenvalue weighted by Crippen LogP contribution is -2.22. The largest absolute Gasteiger partial charge is 0.418 e. The Morgan fingerprint density at radius 1 is 1.11 bits per heavy atom. The lowest BCUT2D eigenvalue weighted by Gasteiger charge is -2.22. The third kappa shape index (κ3) is 4.26. The summed E-state index contributed by atoms with van der Waals surface area (Å²) in [5.74, 6) is -0.0844. The number of unbranched alkanes of at least 4 members (excludes halogenated alkanes) is 2. The first-order valence-electron chi connectivity index (χ1n) is 9.51. The quantitative estimate of drug-likeness (QED) is 0.427. The molecule has 0 saturated heterocycles. The number of nitrogens with zero attached hydrogens (tertiary/aromatic N) is 2. The minimum absolute atomic E-state index is 0.000180. The molecule has 148 valence electrons. The van der Waals surface area contributed by atoms with Crippen LogP contribution >= 0.6 is 0 Å². The van der Waals surface area contributed by atoms with Crippen molar-refractivity contribution in [3.05, 3.63) is 65.2 Å². The fourth-order valence-electron chi connectivity index (χ4n) is 3.62. The topological polar surface area (TPSA) is 32.7 Å². The zero-order valence-electron chi connectivity index (χ0n) is 15.7. The van der Waals surface area contributed by atoms with Crippen molar-refractivity contribution in [2.24, 2.45) is 5.10 Å². The maximum atomic E-state index is 13.6. The Labute approximate surface area is 162 Å². The van der Waals surface area contributed by atoms with E-state index in [0.717, 1.165) is 43.0 Å². The van der Waals surface area contributed by atoms with Crippen molar-refractivity contribution in [1.29, 1.82) is 0 Å². The van der Waals surface area contributed by atoms with E-state index in [2.05, 4.69) is 12.0 Å². The first kappa shape index (κ1) is 20.1. The number of hydrogen-bond donors (Lipinski definition) is 0. The van der Waals surface area contributed by atoms with Crippen LogP contribution in [0.4, 0.5) is 18.9 Å². The number of para-hydroxylation sites is 1. The number of hydrogen-bond acceptors (Lipinski definition) is 3. The highest BCUT2D eigenvalue weighted by Crippen LogP contribution is 2.41. The Kier molecular flexibility index (Phi) is 6.17. The van der Waals surface area contributed by atoms with Crippen molar-refractivity contribution >= 4 is 17.7 Å². The lowest BCUT2D eigenvalue weighted by molar-refractivity contribution is -0.137. The molecule has 28 heavy (non-hydrogen) atoms. The normalized spacial score (nSPS) is 16.9. The summed E-state index contributed by atoms with van der Waals surface area (Å²) in [4.78, 5) is 11.5. The first-order chi connectivity index (χ1) is 13.5. The summed E-state index contributed by atoms with van der Waals surface area (Å²) in [6.45, 7) is 2.40. The van der Waals surface area contributed by atoms with Crippen LogP contribution in [0.1, 0.15) is 60.0 Å². The molecule has 0 bridgehead atoms. The smallest absolute Gasteiger partial charge is 0.298 e. The molecule has 2 aromatic carbocycles. The summed E-state index contributed by atoms with van der Waals surface area (Å²) in [7, 11) is 0. The van der Waals surface area contributed by atoms with Crippen molar-refractivity contribution in [2.45, 2.75) is 44.7 Å². The van der Waals surface area contributed by atoms with Crippen LogP contribution in [0.25, 0.3) is 0 Å². The summed E-state index contributed by atoms with van der Waals surface area (Å²) in [6, 6.07) is 13.4. The summed E-state index contributed by atoms with van der Waals surface area (Å²) < 4.78 is 40.8. The molecular formula is C22H23F3N2O. The summed E-state index contributed by atoms with van der Waals surface area (Å²) in [6.07, 6.45) is -0.329. The lowest BCUT2D eigenvalue weighted by atomic mass is 9.91. The molecule has 6 heteroatoms. The van der Waals surface area contributed by atoms with E-state index in [0.29, 0.717) is 12.8 Å². The molecule has 1 unspecified atom stereocenters. The second-order valence-electron chi connectivity index (χ2n) is 6.95. The van der Waals surface area contributed by atoms with E-state index in [1.165, 1.54) is 17.1 Å². The molecule has 0 aliphatic carbocycles. The van der Waals surface area contributed by atoms with Gasteiger partial charge in [-0.1, -0.05) is 56.2 Å². The first-order valence-corrected chi connectivity index (χ1v) is 9.51. The van der Waals surface area contributed by atoms with Gasteiger partial charge >= 0.3 is 6.18 Å². The van der Waals surface area contributed by atoms with E-state index in [4.69, 9.17) is 0 Å². The molecule has 0 N–H and O–H groups in total. The summed E-state index contributed by atoms with van der Waals surface area (Å²) >= 11 is 0. The number of carbonyl (C=O) groups excluding carboxylic acids is 1. The Hall–Kier alpha value is -2.63. The van der Waals surface area contributed by atoms with Gasteiger partial charge in [0.05, 0.1) is 17.8 Å². The standard InChI is InChI=1S/C22H23F3N2O/c1-2-3-5-13-20-18(16-9-6-4-7-10-16)14-27(26-20)21-17(15-28)11-8-12-19(21)22(23,24)25/h4,6-12,15,18H,2-3,5,13-14H2,1H3. The van der Waals surface area contributed by atoms with Crippen molar-refractivity contribution in [3.8, 4) is 0 Å². The summed E-state index contributed by atoms with van der Waals surface area (Å²) in [5, 5.41) is 5.93. The maximum Gasteiger partial charge on any atom is 0.418 e. The Morgan fingerprint density at radius 2 is 1.86 bits per heavy atom. The highest BCUT2D eigenvalue weighted by molar-refractivity contribution is 5.96. The molecule has 1 aliphatic rings. The fraction of sp³-hybridized carbons (Fsp3) is 0.364.